The van der Waals surface area contributed by atoms with E-state index in [1.165, 1.54) is 19.2 Å². The van der Waals surface area contributed by atoms with Crippen LogP contribution in [0.25, 0.3) is 33.4 Å². The second-order valence-electron chi connectivity index (χ2n) is 9.63. The van der Waals surface area contributed by atoms with Gasteiger partial charge < -0.3 is 34.0 Å². The summed E-state index contributed by atoms with van der Waals surface area (Å²) in [5.74, 6) is 0.473. The first-order valence-corrected chi connectivity index (χ1v) is 13.2. The van der Waals surface area contributed by atoms with Crippen LogP contribution in [0.3, 0.4) is 0 Å². The summed E-state index contributed by atoms with van der Waals surface area (Å²) in [4.78, 5) is 25.2. The van der Waals surface area contributed by atoms with E-state index in [4.69, 9.17) is 35.6 Å². The van der Waals surface area contributed by atoms with Crippen LogP contribution < -0.4 is 20.8 Å². The molecule has 0 amide bonds. The Balaban J connectivity index is 1.55. The molecule has 0 saturated carbocycles. The van der Waals surface area contributed by atoms with Gasteiger partial charge in [0.2, 0.25) is 0 Å². The predicted molar refractivity (Wildman–Crippen MR) is 156 cm³/mol. The molecule has 2 aliphatic heterocycles. The number of carbonyl (C=O) groups is 1. The van der Waals surface area contributed by atoms with Gasteiger partial charge in [0.15, 0.2) is 10.5 Å². The van der Waals surface area contributed by atoms with E-state index < -0.39 is 5.97 Å². The Morgan fingerprint density at radius 2 is 1.85 bits per heavy atom. The number of carbonyl (C=O) groups excluding carboxylic acids is 1. The van der Waals surface area contributed by atoms with E-state index in [1.807, 2.05) is 31.2 Å². The van der Waals surface area contributed by atoms with E-state index >= 15 is 0 Å². The van der Waals surface area contributed by atoms with Crippen LogP contribution in [0.1, 0.15) is 23.7 Å². The van der Waals surface area contributed by atoms with Crippen molar-refractivity contribution in [2.75, 3.05) is 33.3 Å². The maximum absolute atomic E-state index is 13.1. The molecule has 10 heteroatoms. The topological polar surface area (TPSA) is 108 Å². The molecule has 1 aliphatic carbocycles. The molecule has 2 aromatic rings. The summed E-state index contributed by atoms with van der Waals surface area (Å²) in [7, 11) is 4.54. The fraction of sp³-hybridized carbons (Fsp3) is 0.300. The lowest BCUT2D eigenvalue weighted by Crippen LogP contribution is -2.44. The molecule has 3 atom stereocenters. The Bertz CT molecular complexity index is 1600. The molecule has 0 radical (unpaired) electrons. The van der Waals surface area contributed by atoms with Crippen LogP contribution in [0.2, 0.25) is 0 Å². The highest BCUT2D eigenvalue weighted by atomic mass is 32.1. The molecule has 2 N–H and O–H groups in total. The Morgan fingerprint density at radius 1 is 1.05 bits per heavy atom. The van der Waals surface area contributed by atoms with Crippen LogP contribution in [-0.4, -0.2) is 57.3 Å². The number of hydrogen-bond donors (Lipinski definition) is 2. The number of fused-ring (bicyclic) bond motifs is 2. The first-order valence-electron chi connectivity index (χ1n) is 12.8. The minimum absolute atomic E-state index is 0.0111. The molecule has 0 aromatic heterocycles. The van der Waals surface area contributed by atoms with Gasteiger partial charge in [0, 0.05) is 41.4 Å². The van der Waals surface area contributed by atoms with Crippen LogP contribution in [-0.2, 0) is 14.2 Å². The minimum atomic E-state index is -0.522. The van der Waals surface area contributed by atoms with Crippen molar-refractivity contribution in [1.29, 1.82) is 0 Å². The number of thiocarbonyl (C=S) groups is 1. The quantitative estimate of drug-likeness (QED) is 0.185. The molecule has 2 heterocycles. The van der Waals surface area contributed by atoms with Crippen molar-refractivity contribution in [3.63, 3.8) is 0 Å². The summed E-state index contributed by atoms with van der Waals surface area (Å²) in [6, 6.07) is 15.4. The van der Waals surface area contributed by atoms with Crippen molar-refractivity contribution < 1.29 is 28.2 Å². The second-order valence-corrected chi connectivity index (χ2v) is 10.0. The number of methoxy groups -OCH3 is 3. The van der Waals surface area contributed by atoms with Gasteiger partial charge in [0.25, 0.3) is 0 Å². The zero-order valence-electron chi connectivity index (χ0n) is 22.6. The number of anilines is 1. The van der Waals surface area contributed by atoms with Crippen LogP contribution in [0.15, 0.2) is 63.8 Å². The third-order valence-electron chi connectivity index (χ3n) is 6.94. The van der Waals surface area contributed by atoms with E-state index in [2.05, 4.69) is 10.6 Å². The molecule has 1 unspecified atom stereocenters. The van der Waals surface area contributed by atoms with E-state index in [9.17, 15) is 9.59 Å². The fourth-order valence-corrected chi connectivity index (χ4v) is 5.42. The molecule has 0 bridgehead atoms. The highest BCUT2D eigenvalue weighted by Crippen LogP contribution is 2.42. The Kier molecular flexibility index (Phi) is 8.02. The maximum Gasteiger partial charge on any atom is 0.338 e. The second kappa shape index (κ2) is 11.6. The first kappa shape index (κ1) is 27.6. The summed E-state index contributed by atoms with van der Waals surface area (Å²) in [6.07, 6.45) is 0.758. The number of ether oxygens (including phenoxy) is 4. The Labute approximate surface area is 236 Å². The molecule has 1 saturated heterocycles. The monoisotopic (exact) mass is 562 g/mol. The Morgan fingerprint density at radius 3 is 2.60 bits per heavy atom. The summed E-state index contributed by atoms with van der Waals surface area (Å²) in [5.41, 5.74) is 3.27. The van der Waals surface area contributed by atoms with Gasteiger partial charge in [0.1, 0.15) is 23.2 Å². The number of benzene rings is 3. The first-order chi connectivity index (χ1) is 19.3. The summed E-state index contributed by atoms with van der Waals surface area (Å²) in [6.45, 7) is 2.47. The lowest BCUT2D eigenvalue weighted by atomic mass is 9.90. The molecular formula is C30H30N2O7S. The molecule has 40 heavy (non-hydrogen) atoms. The molecular weight excluding hydrogens is 532 g/mol. The van der Waals surface area contributed by atoms with Gasteiger partial charge in [-0.25, -0.2) is 4.79 Å². The smallest absolute Gasteiger partial charge is 0.338 e. The molecule has 2 aromatic carbocycles. The summed E-state index contributed by atoms with van der Waals surface area (Å²) in [5, 5.41) is 7.64. The summed E-state index contributed by atoms with van der Waals surface area (Å²) >= 11 is 5.59. The van der Waals surface area contributed by atoms with Crippen molar-refractivity contribution in [2.45, 2.75) is 31.6 Å². The Hall–Kier alpha value is -3.99. The van der Waals surface area contributed by atoms with Crippen molar-refractivity contribution >= 4 is 40.0 Å². The normalized spacial score (nSPS) is 18.6. The largest absolute Gasteiger partial charge is 0.497 e. The third-order valence-corrected chi connectivity index (χ3v) is 7.16. The van der Waals surface area contributed by atoms with Crippen LogP contribution in [0.4, 0.5) is 5.69 Å². The van der Waals surface area contributed by atoms with Crippen molar-refractivity contribution in [2.24, 2.45) is 0 Å². The molecule has 9 nitrogen and oxygen atoms in total. The van der Waals surface area contributed by atoms with Gasteiger partial charge in [-0.2, -0.15) is 0 Å². The number of hydrogen-bond acceptors (Lipinski definition) is 8. The molecule has 208 valence electrons. The summed E-state index contributed by atoms with van der Waals surface area (Å²) < 4.78 is 27.8. The molecule has 1 fully saturated rings. The van der Waals surface area contributed by atoms with Crippen molar-refractivity contribution in [3.8, 4) is 28.2 Å². The van der Waals surface area contributed by atoms with Crippen LogP contribution in [0.5, 0.6) is 5.75 Å². The minimum Gasteiger partial charge on any atom is -0.497 e. The van der Waals surface area contributed by atoms with E-state index in [0.29, 0.717) is 51.2 Å². The third kappa shape index (κ3) is 5.51. The number of nitrogens with one attached hydrogen (secondary N) is 2. The predicted octanol–water partition coefficient (Wildman–Crippen LogP) is 4.84. The number of esters is 1. The highest BCUT2D eigenvalue weighted by Gasteiger charge is 2.33. The average Bonchev–Trinajstić information content (AvgIpc) is 3.28. The van der Waals surface area contributed by atoms with E-state index in [1.54, 1.807) is 32.4 Å². The lowest BCUT2D eigenvalue weighted by molar-refractivity contribution is -0.000112. The van der Waals surface area contributed by atoms with Gasteiger partial charge >= 0.3 is 5.97 Å². The lowest BCUT2D eigenvalue weighted by Gasteiger charge is -2.22. The molecule has 3 aliphatic rings. The van der Waals surface area contributed by atoms with Crippen molar-refractivity contribution in [3.05, 3.63) is 70.4 Å². The van der Waals surface area contributed by atoms with E-state index in [0.717, 1.165) is 17.4 Å². The van der Waals surface area contributed by atoms with Crippen LogP contribution in [0, 0.1) is 0 Å². The fourth-order valence-electron chi connectivity index (χ4n) is 5.15. The zero-order valence-corrected chi connectivity index (χ0v) is 23.4. The standard InChI is InChI=1S/C30H30N2O7S/c1-16-11-24(27(38-16)15-35-2)32-30(40)31-17-5-8-20(23(12-17)29(34)37-4)28-21-9-6-18(33)13-25(21)39-26-14-19(36-3)7-10-22(26)28/h5-10,12-14,16,24,27H,11,15H2,1-4H3,(H2,31,32,40)/t16-,24?,27+/m0/s1. The van der Waals surface area contributed by atoms with E-state index in [-0.39, 0.29) is 23.7 Å². The van der Waals surface area contributed by atoms with Gasteiger partial charge in [-0.05, 0) is 67.5 Å². The average molecular weight is 563 g/mol. The number of rotatable bonds is 7. The van der Waals surface area contributed by atoms with Gasteiger partial charge in [-0.3, -0.25) is 4.79 Å². The van der Waals surface area contributed by atoms with Gasteiger partial charge in [-0.15, -0.1) is 0 Å². The van der Waals surface area contributed by atoms with Crippen LogP contribution >= 0.6 is 12.2 Å². The molecule has 5 rings (SSSR count). The van der Waals surface area contributed by atoms with Gasteiger partial charge in [-0.1, -0.05) is 6.07 Å². The van der Waals surface area contributed by atoms with Gasteiger partial charge in [0.05, 0.1) is 38.5 Å². The van der Waals surface area contributed by atoms with Crippen molar-refractivity contribution in [1.82, 2.24) is 5.32 Å². The highest BCUT2D eigenvalue weighted by molar-refractivity contribution is 7.80. The zero-order chi connectivity index (χ0) is 28.4. The molecule has 0 spiro atoms. The maximum atomic E-state index is 13.1. The SMILES string of the molecule is COC[C@H]1O[C@@H](C)CC1NC(=S)Nc1ccc(-c2c3ccc(=O)cc-3oc3cc(OC)ccc23)c(C(=O)OC)c1.